The lowest BCUT2D eigenvalue weighted by Gasteiger charge is -2.15. The third-order valence-corrected chi connectivity index (χ3v) is 4.02. The van der Waals surface area contributed by atoms with Crippen LogP contribution in [0.3, 0.4) is 0 Å². The molecular weight excluding hydrogens is 172 g/mol. The van der Waals surface area contributed by atoms with E-state index in [9.17, 15) is 4.79 Å². The van der Waals surface area contributed by atoms with Gasteiger partial charge >= 0.3 is 6.03 Å². The first-order chi connectivity index (χ1) is 5.81. The molecule has 2 N–H and O–H groups in total. The Morgan fingerprint density at radius 2 is 2.42 bits per heavy atom. The third kappa shape index (κ3) is 1.28. The van der Waals surface area contributed by atoms with Crippen molar-refractivity contribution in [3.05, 3.63) is 0 Å². The van der Waals surface area contributed by atoms with Crippen molar-refractivity contribution < 1.29 is 4.79 Å². The molecule has 0 aromatic carbocycles. The molecule has 4 heteroatoms. The van der Waals surface area contributed by atoms with E-state index in [1.807, 2.05) is 11.8 Å². The van der Waals surface area contributed by atoms with E-state index in [0.29, 0.717) is 17.3 Å². The second kappa shape index (κ2) is 3.17. The molecule has 12 heavy (non-hydrogen) atoms. The summed E-state index contributed by atoms with van der Waals surface area (Å²) in [5, 5.41) is 6.55. The van der Waals surface area contributed by atoms with Gasteiger partial charge in [-0.25, -0.2) is 4.79 Å². The highest BCUT2D eigenvalue weighted by Gasteiger charge is 2.42. The Morgan fingerprint density at radius 1 is 1.58 bits per heavy atom. The minimum atomic E-state index is 0.0198. The standard InChI is InChI=1S/C8H14N2OS/c1-2-3-6-7-5(4-12-6)9-8(11)10-7/h5-7H,2-4H2,1H3,(H2,9,10,11)/t5?,6-,7?/m0/s1. The van der Waals surface area contributed by atoms with Crippen molar-refractivity contribution in [2.75, 3.05) is 5.75 Å². The molecule has 2 amide bonds. The van der Waals surface area contributed by atoms with E-state index in [2.05, 4.69) is 17.6 Å². The second-order valence-electron chi connectivity index (χ2n) is 3.41. The van der Waals surface area contributed by atoms with Crippen molar-refractivity contribution >= 4 is 17.8 Å². The maximum atomic E-state index is 11.0. The van der Waals surface area contributed by atoms with Crippen molar-refractivity contribution in [3.63, 3.8) is 0 Å². The highest BCUT2D eigenvalue weighted by Crippen LogP contribution is 2.32. The second-order valence-corrected chi connectivity index (χ2v) is 4.68. The number of rotatable bonds is 2. The van der Waals surface area contributed by atoms with E-state index in [1.54, 1.807) is 0 Å². The summed E-state index contributed by atoms with van der Waals surface area (Å²) < 4.78 is 0. The summed E-state index contributed by atoms with van der Waals surface area (Å²) in [4.78, 5) is 11.0. The van der Waals surface area contributed by atoms with Crippen LogP contribution in [0.5, 0.6) is 0 Å². The molecule has 0 aromatic rings. The summed E-state index contributed by atoms with van der Waals surface area (Å²) in [5.41, 5.74) is 0. The van der Waals surface area contributed by atoms with Crippen LogP contribution in [0.25, 0.3) is 0 Å². The average Bonchev–Trinajstić information content (AvgIpc) is 2.52. The minimum Gasteiger partial charge on any atom is -0.332 e. The SMILES string of the molecule is CCC[C@@H]1SCC2NC(=O)NC21. The molecule has 2 saturated heterocycles. The van der Waals surface area contributed by atoms with Crippen molar-refractivity contribution in [2.45, 2.75) is 37.1 Å². The largest absolute Gasteiger partial charge is 0.332 e. The molecule has 0 bridgehead atoms. The molecule has 2 aliphatic rings. The Balaban J connectivity index is 1.98. The van der Waals surface area contributed by atoms with Crippen LogP contribution >= 0.6 is 11.8 Å². The van der Waals surface area contributed by atoms with Crippen molar-refractivity contribution in [1.29, 1.82) is 0 Å². The number of carbonyl (C=O) groups excluding carboxylic acids is 1. The molecule has 2 aliphatic heterocycles. The number of thioether (sulfide) groups is 1. The maximum Gasteiger partial charge on any atom is 0.315 e. The van der Waals surface area contributed by atoms with Crippen LogP contribution in [0.4, 0.5) is 4.79 Å². The summed E-state index contributed by atoms with van der Waals surface area (Å²) in [5.74, 6) is 1.08. The van der Waals surface area contributed by atoms with Gasteiger partial charge in [-0.2, -0.15) is 11.8 Å². The van der Waals surface area contributed by atoms with Crippen molar-refractivity contribution in [2.24, 2.45) is 0 Å². The Morgan fingerprint density at radius 3 is 3.17 bits per heavy atom. The molecule has 2 fully saturated rings. The van der Waals surface area contributed by atoms with E-state index in [0.717, 1.165) is 5.75 Å². The molecule has 0 radical (unpaired) electrons. The smallest absolute Gasteiger partial charge is 0.315 e. The predicted molar refractivity (Wildman–Crippen MR) is 50.4 cm³/mol. The summed E-state index contributed by atoms with van der Waals surface area (Å²) in [7, 11) is 0. The number of hydrogen-bond acceptors (Lipinski definition) is 2. The Hall–Kier alpha value is -0.380. The summed E-state index contributed by atoms with van der Waals surface area (Å²) >= 11 is 1.98. The van der Waals surface area contributed by atoms with Gasteiger partial charge in [-0.1, -0.05) is 13.3 Å². The first-order valence-corrected chi connectivity index (χ1v) is 5.54. The van der Waals surface area contributed by atoms with Gasteiger partial charge in [-0.3, -0.25) is 0 Å². The molecule has 0 saturated carbocycles. The van der Waals surface area contributed by atoms with Gasteiger partial charge < -0.3 is 10.6 Å². The lowest BCUT2D eigenvalue weighted by atomic mass is 10.1. The van der Waals surface area contributed by atoms with E-state index in [-0.39, 0.29) is 6.03 Å². The van der Waals surface area contributed by atoms with Crippen LogP contribution < -0.4 is 10.6 Å². The number of carbonyl (C=O) groups is 1. The van der Waals surface area contributed by atoms with Crippen LogP contribution in [0.2, 0.25) is 0 Å². The minimum absolute atomic E-state index is 0.0198. The topological polar surface area (TPSA) is 41.1 Å². The number of amides is 2. The molecule has 2 heterocycles. The fraction of sp³-hybridized carbons (Fsp3) is 0.875. The number of urea groups is 1. The Kier molecular flexibility index (Phi) is 2.17. The number of hydrogen-bond donors (Lipinski definition) is 2. The lowest BCUT2D eigenvalue weighted by Crippen LogP contribution is -2.36. The zero-order valence-electron chi connectivity index (χ0n) is 7.17. The molecular formula is C8H14N2OS. The Bertz CT molecular complexity index is 195. The molecule has 0 aliphatic carbocycles. The quantitative estimate of drug-likeness (QED) is 0.630. The highest BCUT2D eigenvalue weighted by molar-refractivity contribution is 8.00. The summed E-state index contributed by atoms with van der Waals surface area (Å²) in [6.45, 7) is 2.19. The van der Waals surface area contributed by atoms with Gasteiger partial charge in [-0.15, -0.1) is 0 Å². The van der Waals surface area contributed by atoms with Crippen molar-refractivity contribution in [3.8, 4) is 0 Å². The van der Waals surface area contributed by atoms with E-state index in [4.69, 9.17) is 0 Å². The van der Waals surface area contributed by atoms with Gasteiger partial charge in [0.25, 0.3) is 0 Å². The van der Waals surface area contributed by atoms with Gasteiger partial charge in [0, 0.05) is 11.0 Å². The maximum absolute atomic E-state index is 11.0. The van der Waals surface area contributed by atoms with Gasteiger partial charge in [0.2, 0.25) is 0 Å². The fourth-order valence-electron chi connectivity index (χ4n) is 1.93. The average molecular weight is 186 g/mol. The predicted octanol–water partition coefficient (Wildman–Crippen LogP) is 0.952. The fourth-order valence-corrected chi connectivity index (χ4v) is 3.54. The first kappa shape index (κ1) is 8.23. The van der Waals surface area contributed by atoms with E-state index in [1.165, 1.54) is 12.8 Å². The van der Waals surface area contributed by atoms with Gasteiger partial charge in [0.05, 0.1) is 12.1 Å². The molecule has 0 spiro atoms. The molecule has 2 unspecified atom stereocenters. The zero-order valence-corrected chi connectivity index (χ0v) is 7.99. The lowest BCUT2D eigenvalue weighted by molar-refractivity contribution is 0.247. The van der Waals surface area contributed by atoms with Crippen LogP contribution in [-0.4, -0.2) is 29.1 Å². The van der Waals surface area contributed by atoms with Crippen molar-refractivity contribution in [1.82, 2.24) is 10.6 Å². The van der Waals surface area contributed by atoms with E-state index >= 15 is 0 Å². The monoisotopic (exact) mass is 186 g/mol. The van der Waals surface area contributed by atoms with Crippen LogP contribution in [-0.2, 0) is 0 Å². The van der Waals surface area contributed by atoms with Gasteiger partial charge in [0.15, 0.2) is 0 Å². The number of nitrogens with one attached hydrogen (secondary N) is 2. The molecule has 68 valence electrons. The van der Waals surface area contributed by atoms with Crippen LogP contribution in [0.1, 0.15) is 19.8 Å². The van der Waals surface area contributed by atoms with Gasteiger partial charge in [0.1, 0.15) is 0 Å². The normalized spacial score (nSPS) is 39.1. The zero-order chi connectivity index (χ0) is 8.55. The van der Waals surface area contributed by atoms with Gasteiger partial charge in [-0.05, 0) is 6.42 Å². The van der Waals surface area contributed by atoms with E-state index < -0.39 is 0 Å². The molecule has 3 atom stereocenters. The third-order valence-electron chi connectivity index (χ3n) is 2.51. The van der Waals surface area contributed by atoms with Crippen LogP contribution in [0.15, 0.2) is 0 Å². The summed E-state index contributed by atoms with van der Waals surface area (Å²) in [6, 6.07) is 0.799. The van der Waals surface area contributed by atoms with Crippen LogP contribution in [0, 0.1) is 0 Å². The highest BCUT2D eigenvalue weighted by atomic mass is 32.2. The Labute approximate surface area is 76.7 Å². The molecule has 3 nitrogen and oxygen atoms in total. The number of fused-ring (bicyclic) bond motifs is 1. The molecule has 2 rings (SSSR count). The first-order valence-electron chi connectivity index (χ1n) is 4.50. The molecule has 0 aromatic heterocycles. The summed E-state index contributed by atoms with van der Waals surface area (Å²) in [6.07, 6.45) is 2.42.